The van der Waals surface area contributed by atoms with Gasteiger partial charge in [-0.15, -0.1) is 0 Å². The van der Waals surface area contributed by atoms with Gasteiger partial charge in [-0.05, 0) is 33.6 Å². The van der Waals surface area contributed by atoms with Crippen LogP contribution in [-0.4, -0.2) is 18.8 Å². The maximum absolute atomic E-state index is 9.04. The van der Waals surface area contributed by atoms with Gasteiger partial charge in [0.2, 0.25) is 0 Å². The Morgan fingerprint density at radius 1 is 1.56 bits per heavy atom. The Morgan fingerprint density at radius 3 is 2.75 bits per heavy atom. The summed E-state index contributed by atoms with van der Waals surface area (Å²) in [6, 6.07) is 3.46. The molecule has 0 spiro atoms. The van der Waals surface area contributed by atoms with Crippen molar-refractivity contribution >= 4 is 27.5 Å². The van der Waals surface area contributed by atoms with Gasteiger partial charge in [-0.3, -0.25) is 0 Å². The molecule has 0 unspecified atom stereocenters. The molecule has 88 valence electrons. The standard InChI is InChI=1S/C11H12BrClO3/c1-7(13)6-16-11-9(12)3-8(5-14)4-10(11)15-2/h3-4,14H,1,5-6H2,2H3. The zero-order chi connectivity index (χ0) is 12.1. The van der Waals surface area contributed by atoms with Crippen molar-refractivity contribution in [1.29, 1.82) is 0 Å². The fourth-order valence-corrected chi connectivity index (χ4v) is 1.81. The molecule has 5 heteroatoms. The van der Waals surface area contributed by atoms with Gasteiger partial charge in [-0.2, -0.15) is 0 Å². The van der Waals surface area contributed by atoms with Crippen LogP contribution in [0.5, 0.6) is 11.5 Å². The first-order valence-electron chi connectivity index (χ1n) is 4.51. The minimum atomic E-state index is -0.0581. The zero-order valence-electron chi connectivity index (χ0n) is 8.80. The van der Waals surface area contributed by atoms with Crippen molar-refractivity contribution in [2.45, 2.75) is 6.61 Å². The summed E-state index contributed by atoms with van der Waals surface area (Å²) >= 11 is 8.96. The van der Waals surface area contributed by atoms with Crippen LogP contribution in [0, 0.1) is 0 Å². The van der Waals surface area contributed by atoms with E-state index in [1.807, 2.05) is 0 Å². The number of aliphatic hydroxyl groups excluding tert-OH is 1. The molecule has 1 rings (SSSR count). The minimum absolute atomic E-state index is 0.0581. The van der Waals surface area contributed by atoms with E-state index in [-0.39, 0.29) is 13.2 Å². The highest BCUT2D eigenvalue weighted by atomic mass is 79.9. The Morgan fingerprint density at radius 2 is 2.25 bits per heavy atom. The molecular weight excluding hydrogens is 295 g/mol. The van der Waals surface area contributed by atoms with Gasteiger partial charge < -0.3 is 14.6 Å². The number of aliphatic hydroxyl groups is 1. The van der Waals surface area contributed by atoms with Gasteiger partial charge in [0.25, 0.3) is 0 Å². The largest absolute Gasteiger partial charge is 0.493 e. The van der Waals surface area contributed by atoms with Gasteiger partial charge in [0.15, 0.2) is 11.5 Å². The number of benzene rings is 1. The third-order valence-corrected chi connectivity index (χ3v) is 2.54. The molecule has 0 heterocycles. The van der Waals surface area contributed by atoms with E-state index in [4.69, 9.17) is 26.2 Å². The van der Waals surface area contributed by atoms with Crippen LogP contribution >= 0.6 is 27.5 Å². The van der Waals surface area contributed by atoms with Crippen LogP contribution in [0.25, 0.3) is 0 Å². The maximum atomic E-state index is 9.04. The highest BCUT2D eigenvalue weighted by Crippen LogP contribution is 2.36. The lowest BCUT2D eigenvalue weighted by Crippen LogP contribution is -2.00. The van der Waals surface area contributed by atoms with E-state index in [0.717, 1.165) is 5.56 Å². The van der Waals surface area contributed by atoms with Crippen LogP contribution in [0.2, 0.25) is 0 Å². The highest BCUT2D eigenvalue weighted by molar-refractivity contribution is 9.10. The fourth-order valence-electron chi connectivity index (χ4n) is 1.16. The number of methoxy groups -OCH3 is 1. The molecule has 0 aliphatic heterocycles. The molecule has 0 saturated heterocycles. The van der Waals surface area contributed by atoms with E-state index in [2.05, 4.69) is 22.5 Å². The molecule has 0 aliphatic carbocycles. The summed E-state index contributed by atoms with van der Waals surface area (Å²) in [4.78, 5) is 0. The van der Waals surface area contributed by atoms with Crippen molar-refractivity contribution in [2.24, 2.45) is 0 Å². The Bertz CT molecular complexity index is 393. The van der Waals surface area contributed by atoms with Gasteiger partial charge >= 0.3 is 0 Å². The summed E-state index contributed by atoms with van der Waals surface area (Å²) < 4.78 is 11.3. The van der Waals surface area contributed by atoms with Crippen LogP contribution in [0.3, 0.4) is 0 Å². The first-order chi connectivity index (χ1) is 7.58. The summed E-state index contributed by atoms with van der Waals surface area (Å²) in [6.07, 6.45) is 0. The second kappa shape index (κ2) is 6.13. The Balaban J connectivity index is 3.01. The SMILES string of the molecule is C=C(Cl)COc1c(Br)cc(CO)cc1OC. The minimum Gasteiger partial charge on any atom is -0.493 e. The smallest absolute Gasteiger partial charge is 0.175 e. The Kier molecular flexibility index (Phi) is 5.12. The van der Waals surface area contributed by atoms with E-state index in [1.165, 1.54) is 7.11 Å². The molecule has 3 nitrogen and oxygen atoms in total. The van der Waals surface area contributed by atoms with Gasteiger partial charge in [-0.1, -0.05) is 18.2 Å². The monoisotopic (exact) mass is 306 g/mol. The molecule has 16 heavy (non-hydrogen) atoms. The van der Waals surface area contributed by atoms with Crippen molar-refractivity contribution in [2.75, 3.05) is 13.7 Å². The molecule has 0 atom stereocenters. The normalized spacial score (nSPS) is 10.0. The predicted molar refractivity (Wildman–Crippen MR) is 67.1 cm³/mol. The lowest BCUT2D eigenvalue weighted by molar-refractivity contribution is 0.279. The lowest BCUT2D eigenvalue weighted by Gasteiger charge is -2.13. The van der Waals surface area contributed by atoms with Gasteiger partial charge in [0, 0.05) is 5.03 Å². The zero-order valence-corrected chi connectivity index (χ0v) is 11.1. The molecule has 1 aromatic rings. The summed E-state index contributed by atoms with van der Waals surface area (Å²) in [6.45, 7) is 3.68. The van der Waals surface area contributed by atoms with E-state index in [1.54, 1.807) is 12.1 Å². The summed E-state index contributed by atoms with van der Waals surface area (Å²) in [5.41, 5.74) is 0.737. The number of ether oxygens (including phenoxy) is 2. The quantitative estimate of drug-likeness (QED) is 0.908. The van der Waals surface area contributed by atoms with Crippen LogP contribution < -0.4 is 9.47 Å². The van der Waals surface area contributed by atoms with Crippen LogP contribution in [0.15, 0.2) is 28.2 Å². The van der Waals surface area contributed by atoms with Gasteiger partial charge in [-0.25, -0.2) is 0 Å². The molecule has 0 aliphatic rings. The second-order valence-electron chi connectivity index (χ2n) is 3.07. The third kappa shape index (κ3) is 3.40. The average Bonchev–Trinajstić information content (AvgIpc) is 2.26. The molecule has 1 N–H and O–H groups in total. The van der Waals surface area contributed by atoms with E-state index >= 15 is 0 Å². The van der Waals surface area contributed by atoms with Crippen molar-refractivity contribution in [3.05, 3.63) is 33.8 Å². The summed E-state index contributed by atoms with van der Waals surface area (Å²) in [7, 11) is 1.53. The number of rotatable bonds is 5. The number of hydrogen-bond acceptors (Lipinski definition) is 3. The van der Waals surface area contributed by atoms with Crippen LogP contribution in [0.4, 0.5) is 0 Å². The maximum Gasteiger partial charge on any atom is 0.175 e. The van der Waals surface area contributed by atoms with Crippen molar-refractivity contribution in [3.63, 3.8) is 0 Å². The van der Waals surface area contributed by atoms with Gasteiger partial charge in [0.1, 0.15) is 6.61 Å². The predicted octanol–water partition coefficient (Wildman–Crippen LogP) is 3.08. The molecular formula is C11H12BrClO3. The van der Waals surface area contributed by atoms with E-state index in [9.17, 15) is 0 Å². The Labute approximate surface area is 108 Å². The van der Waals surface area contributed by atoms with Crippen molar-refractivity contribution in [1.82, 2.24) is 0 Å². The highest BCUT2D eigenvalue weighted by Gasteiger charge is 2.11. The van der Waals surface area contributed by atoms with Crippen LogP contribution in [0.1, 0.15) is 5.56 Å². The number of hydrogen-bond donors (Lipinski definition) is 1. The first-order valence-corrected chi connectivity index (χ1v) is 5.69. The third-order valence-electron chi connectivity index (χ3n) is 1.84. The van der Waals surface area contributed by atoms with Crippen molar-refractivity contribution in [3.8, 4) is 11.5 Å². The topological polar surface area (TPSA) is 38.7 Å². The second-order valence-corrected chi connectivity index (χ2v) is 4.46. The molecule has 0 aromatic heterocycles. The fraction of sp³-hybridized carbons (Fsp3) is 0.273. The van der Waals surface area contributed by atoms with Crippen LogP contribution in [-0.2, 0) is 6.61 Å². The molecule has 0 radical (unpaired) electrons. The van der Waals surface area contributed by atoms with E-state index in [0.29, 0.717) is 21.0 Å². The molecule has 0 bridgehead atoms. The molecule has 0 saturated carbocycles. The molecule has 0 fully saturated rings. The average molecular weight is 308 g/mol. The molecule has 0 amide bonds. The van der Waals surface area contributed by atoms with Gasteiger partial charge in [0.05, 0.1) is 18.2 Å². The molecule has 1 aromatic carbocycles. The summed E-state index contributed by atoms with van der Waals surface area (Å²) in [5, 5.41) is 9.44. The van der Waals surface area contributed by atoms with Crippen molar-refractivity contribution < 1.29 is 14.6 Å². The summed E-state index contributed by atoms with van der Waals surface area (Å²) in [5.74, 6) is 1.08. The first kappa shape index (κ1) is 13.4. The van der Waals surface area contributed by atoms with E-state index < -0.39 is 0 Å². The number of halogens is 2. The lowest BCUT2D eigenvalue weighted by atomic mass is 10.2. The Hall–Kier alpha value is -0.710.